The van der Waals surface area contributed by atoms with Gasteiger partial charge in [0.2, 0.25) is 0 Å². The van der Waals surface area contributed by atoms with Crippen molar-refractivity contribution in [2.75, 3.05) is 7.11 Å². The fourth-order valence-corrected chi connectivity index (χ4v) is 3.68. The summed E-state index contributed by atoms with van der Waals surface area (Å²) in [6, 6.07) is 11.6. The first kappa shape index (κ1) is 18.1. The van der Waals surface area contributed by atoms with E-state index >= 15 is 0 Å². The second-order valence-electron chi connectivity index (χ2n) is 7.10. The van der Waals surface area contributed by atoms with E-state index in [1.54, 1.807) is 17.4 Å². The number of aliphatic carboxylic acids is 1. The molecular formula is C21H21NO3S. The number of aromatic nitrogens is 1. The molecule has 0 bridgehead atoms. The number of methoxy groups -OCH3 is 1. The Balaban J connectivity index is 2.16. The molecule has 2 aromatic carbocycles. The molecule has 0 spiro atoms. The first-order valence-electron chi connectivity index (χ1n) is 8.27. The largest absolute Gasteiger partial charge is 0.503 e. The molecule has 0 fully saturated rings. The molecule has 0 aliphatic rings. The van der Waals surface area contributed by atoms with Crippen LogP contribution in [0.2, 0.25) is 0 Å². The predicted molar refractivity (Wildman–Crippen MR) is 106 cm³/mol. The van der Waals surface area contributed by atoms with E-state index in [4.69, 9.17) is 9.72 Å². The van der Waals surface area contributed by atoms with Gasteiger partial charge in [-0.05, 0) is 22.4 Å². The van der Waals surface area contributed by atoms with Crippen LogP contribution >= 0.6 is 11.3 Å². The highest BCUT2D eigenvalue weighted by Gasteiger charge is 2.19. The van der Waals surface area contributed by atoms with E-state index < -0.39 is 5.97 Å². The van der Waals surface area contributed by atoms with Crippen molar-refractivity contribution >= 4 is 33.7 Å². The standard InChI is InChI=1S/C21H21NO3S/c1-21(2,3)20-22-18(12-26-20)14-9-8-13-6-5-7-15(16(13)10-14)17(11-25-4)19(23)24/h5-12H,1-4H3,(H,23,24). The molecule has 0 amide bonds. The van der Waals surface area contributed by atoms with Crippen LogP contribution in [0.5, 0.6) is 0 Å². The van der Waals surface area contributed by atoms with Gasteiger partial charge in [-0.15, -0.1) is 11.3 Å². The number of rotatable bonds is 4. The number of nitrogens with zero attached hydrogens (tertiary/aromatic N) is 1. The number of carboxylic acids is 1. The Morgan fingerprint density at radius 3 is 2.62 bits per heavy atom. The normalized spacial score (nSPS) is 12.4. The van der Waals surface area contributed by atoms with Crippen LogP contribution in [0, 0.1) is 0 Å². The molecule has 5 heteroatoms. The van der Waals surface area contributed by atoms with Gasteiger partial charge in [0.15, 0.2) is 0 Å². The third-order valence-corrected chi connectivity index (χ3v) is 5.35. The van der Waals surface area contributed by atoms with Crippen LogP contribution in [-0.2, 0) is 14.9 Å². The van der Waals surface area contributed by atoms with Crippen molar-refractivity contribution in [2.45, 2.75) is 26.2 Å². The van der Waals surface area contributed by atoms with Gasteiger partial charge in [0.1, 0.15) is 5.57 Å². The van der Waals surface area contributed by atoms with E-state index in [9.17, 15) is 9.90 Å². The Bertz CT molecular complexity index is 996. The maximum atomic E-state index is 11.6. The van der Waals surface area contributed by atoms with E-state index in [0.29, 0.717) is 5.56 Å². The summed E-state index contributed by atoms with van der Waals surface area (Å²) in [5, 5.41) is 14.5. The lowest BCUT2D eigenvalue weighted by molar-refractivity contribution is -0.130. The van der Waals surface area contributed by atoms with Crippen molar-refractivity contribution in [2.24, 2.45) is 0 Å². The highest BCUT2D eigenvalue weighted by molar-refractivity contribution is 7.10. The molecule has 3 aromatic rings. The quantitative estimate of drug-likeness (QED) is 0.500. The van der Waals surface area contributed by atoms with Crippen LogP contribution in [0.25, 0.3) is 27.6 Å². The van der Waals surface area contributed by atoms with Crippen LogP contribution < -0.4 is 0 Å². The SMILES string of the molecule is COC=C(C(=O)O)c1cccc2ccc(-c3csc(C(C)(C)C)n3)cc12. The Hall–Kier alpha value is -2.66. The molecule has 1 heterocycles. The van der Waals surface area contributed by atoms with Gasteiger partial charge in [0.25, 0.3) is 0 Å². The number of carbonyl (C=O) groups is 1. The molecule has 3 rings (SSSR count). The molecule has 0 atom stereocenters. The average molecular weight is 367 g/mol. The van der Waals surface area contributed by atoms with E-state index in [1.165, 1.54) is 13.4 Å². The van der Waals surface area contributed by atoms with Crippen LogP contribution in [0.15, 0.2) is 48.0 Å². The van der Waals surface area contributed by atoms with Gasteiger partial charge < -0.3 is 9.84 Å². The van der Waals surface area contributed by atoms with Crippen molar-refractivity contribution in [1.82, 2.24) is 4.98 Å². The summed E-state index contributed by atoms with van der Waals surface area (Å²) < 4.78 is 4.97. The maximum Gasteiger partial charge on any atom is 0.339 e. The molecule has 4 nitrogen and oxygen atoms in total. The van der Waals surface area contributed by atoms with Crippen molar-refractivity contribution in [3.63, 3.8) is 0 Å². The molecular weight excluding hydrogens is 346 g/mol. The molecule has 0 saturated heterocycles. The van der Waals surface area contributed by atoms with Crippen molar-refractivity contribution < 1.29 is 14.6 Å². The zero-order chi connectivity index (χ0) is 18.9. The second-order valence-corrected chi connectivity index (χ2v) is 7.96. The smallest absolute Gasteiger partial charge is 0.339 e. The minimum absolute atomic E-state index is 0.00258. The van der Waals surface area contributed by atoms with Crippen molar-refractivity contribution in [3.05, 3.63) is 58.6 Å². The first-order chi connectivity index (χ1) is 12.3. The molecule has 1 aromatic heterocycles. The number of hydrogen-bond donors (Lipinski definition) is 1. The molecule has 0 aliphatic heterocycles. The van der Waals surface area contributed by atoms with Crippen molar-refractivity contribution in [1.29, 1.82) is 0 Å². The van der Waals surface area contributed by atoms with Gasteiger partial charge in [-0.3, -0.25) is 0 Å². The molecule has 0 saturated carbocycles. The summed E-state index contributed by atoms with van der Waals surface area (Å²) >= 11 is 1.64. The molecule has 0 radical (unpaired) electrons. The second kappa shape index (κ2) is 6.92. The Labute approximate surface area is 156 Å². The lowest BCUT2D eigenvalue weighted by Crippen LogP contribution is -2.10. The summed E-state index contributed by atoms with van der Waals surface area (Å²) in [5.41, 5.74) is 2.64. The number of ether oxygens (including phenoxy) is 1. The summed E-state index contributed by atoms with van der Waals surface area (Å²) in [6.45, 7) is 6.42. The third-order valence-electron chi connectivity index (χ3n) is 4.08. The fraction of sp³-hybridized carbons (Fsp3) is 0.238. The third kappa shape index (κ3) is 3.48. The predicted octanol–water partition coefficient (Wildman–Crippen LogP) is 5.33. The molecule has 0 unspecified atom stereocenters. The van der Waals surface area contributed by atoms with E-state index in [2.05, 4.69) is 20.8 Å². The fourth-order valence-electron chi connectivity index (χ4n) is 2.76. The average Bonchev–Trinajstić information content (AvgIpc) is 3.09. The minimum atomic E-state index is -1.02. The number of hydrogen-bond acceptors (Lipinski definition) is 4. The lowest BCUT2D eigenvalue weighted by atomic mass is 9.96. The van der Waals surface area contributed by atoms with Crippen LogP contribution in [0.4, 0.5) is 0 Å². The highest BCUT2D eigenvalue weighted by Crippen LogP contribution is 2.33. The first-order valence-corrected chi connectivity index (χ1v) is 9.15. The topological polar surface area (TPSA) is 59.4 Å². The Morgan fingerprint density at radius 2 is 2.00 bits per heavy atom. The van der Waals surface area contributed by atoms with E-state index in [0.717, 1.165) is 27.0 Å². The number of fused-ring (bicyclic) bond motifs is 1. The maximum absolute atomic E-state index is 11.6. The molecule has 26 heavy (non-hydrogen) atoms. The number of carboxylic acid groups (broad SMARTS) is 1. The monoisotopic (exact) mass is 367 g/mol. The zero-order valence-corrected chi connectivity index (χ0v) is 16.1. The van der Waals surface area contributed by atoms with Gasteiger partial charge in [0, 0.05) is 16.4 Å². The minimum Gasteiger partial charge on any atom is -0.503 e. The van der Waals surface area contributed by atoms with Gasteiger partial charge in [-0.25, -0.2) is 9.78 Å². The number of benzene rings is 2. The summed E-state index contributed by atoms with van der Waals surface area (Å²) in [4.78, 5) is 16.4. The van der Waals surface area contributed by atoms with Crippen molar-refractivity contribution in [3.8, 4) is 11.3 Å². The molecule has 1 N–H and O–H groups in total. The van der Waals surface area contributed by atoms with Crippen LogP contribution in [-0.4, -0.2) is 23.2 Å². The van der Waals surface area contributed by atoms with Gasteiger partial charge in [-0.1, -0.05) is 51.1 Å². The van der Waals surface area contributed by atoms with Crippen LogP contribution in [0.3, 0.4) is 0 Å². The van der Waals surface area contributed by atoms with E-state index in [1.807, 2.05) is 35.7 Å². The van der Waals surface area contributed by atoms with Gasteiger partial charge in [-0.2, -0.15) is 0 Å². The zero-order valence-electron chi connectivity index (χ0n) is 15.2. The van der Waals surface area contributed by atoms with Gasteiger partial charge >= 0.3 is 5.97 Å². The summed E-state index contributed by atoms with van der Waals surface area (Å²) in [6.07, 6.45) is 1.27. The van der Waals surface area contributed by atoms with E-state index in [-0.39, 0.29) is 11.0 Å². The Kier molecular flexibility index (Phi) is 4.83. The summed E-state index contributed by atoms with van der Waals surface area (Å²) in [7, 11) is 1.45. The highest BCUT2D eigenvalue weighted by atomic mass is 32.1. The number of thiazole rings is 1. The Morgan fingerprint density at radius 1 is 1.23 bits per heavy atom. The van der Waals surface area contributed by atoms with Gasteiger partial charge in [0.05, 0.1) is 24.1 Å². The lowest BCUT2D eigenvalue weighted by Gasteiger charge is -2.13. The van der Waals surface area contributed by atoms with Crippen LogP contribution in [0.1, 0.15) is 31.3 Å². The molecule has 0 aliphatic carbocycles. The molecule has 134 valence electrons. The summed E-state index contributed by atoms with van der Waals surface area (Å²) in [5.74, 6) is -1.02.